The van der Waals surface area contributed by atoms with Crippen molar-refractivity contribution in [1.82, 2.24) is 9.97 Å². The van der Waals surface area contributed by atoms with Gasteiger partial charge < -0.3 is 9.88 Å². The summed E-state index contributed by atoms with van der Waals surface area (Å²) in [6, 6.07) is 18.5. The molecule has 1 aliphatic rings. The molecule has 1 fully saturated rings. The number of aromatic nitrogens is 2. The fourth-order valence-electron chi connectivity index (χ4n) is 3.36. The second kappa shape index (κ2) is 6.82. The Morgan fingerprint density at radius 2 is 1.80 bits per heavy atom. The first-order valence-electron chi connectivity index (χ1n) is 8.75. The van der Waals surface area contributed by atoms with Crippen molar-refractivity contribution in [3.05, 3.63) is 59.9 Å². The molecule has 124 valence electrons. The number of hydrogen-bond acceptors (Lipinski definition) is 3. The standard InChI is InChI=1S/C21H20N4/c22-15-17(14-21-23-19-6-2-3-7-20(19)24-21)16-8-10-18(11-9-16)25-12-4-1-5-13-25/h2-3,6-11,14H,1,4-5,12-13H2,(H,23,24)/b17-14+. The summed E-state index contributed by atoms with van der Waals surface area (Å²) in [5.41, 5.74) is 4.66. The van der Waals surface area contributed by atoms with Crippen LogP contribution in [0.25, 0.3) is 22.7 Å². The molecule has 1 aliphatic heterocycles. The lowest BCUT2D eigenvalue weighted by molar-refractivity contribution is 0.578. The zero-order chi connectivity index (χ0) is 17.1. The Kier molecular flexibility index (Phi) is 4.22. The van der Waals surface area contributed by atoms with E-state index in [-0.39, 0.29) is 0 Å². The van der Waals surface area contributed by atoms with Gasteiger partial charge in [0.05, 0.1) is 22.7 Å². The first-order chi connectivity index (χ1) is 12.3. The molecule has 0 radical (unpaired) electrons. The quantitative estimate of drug-likeness (QED) is 0.714. The fraction of sp³-hybridized carbons (Fsp3) is 0.238. The molecule has 0 bridgehead atoms. The number of nitrogens with zero attached hydrogens (tertiary/aromatic N) is 3. The number of imidazole rings is 1. The van der Waals surface area contributed by atoms with Crippen molar-refractivity contribution in [2.24, 2.45) is 0 Å². The molecule has 25 heavy (non-hydrogen) atoms. The predicted molar refractivity (Wildman–Crippen MR) is 102 cm³/mol. The van der Waals surface area contributed by atoms with E-state index < -0.39 is 0 Å². The van der Waals surface area contributed by atoms with Gasteiger partial charge in [0.1, 0.15) is 5.82 Å². The molecular weight excluding hydrogens is 308 g/mol. The summed E-state index contributed by atoms with van der Waals surface area (Å²) in [4.78, 5) is 10.2. The number of rotatable bonds is 3. The average Bonchev–Trinajstić information content (AvgIpc) is 3.09. The Balaban J connectivity index is 1.60. The molecule has 4 rings (SSSR count). The van der Waals surface area contributed by atoms with Crippen molar-refractivity contribution in [3.8, 4) is 6.07 Å². The van der Waals surface area contributed by atoms with Gasteiger partial charge in [-0.05, 0) is 55.2 Å². The van der Waals surface area contributed by atoms with Crippen LogP contribution in [0, 0.1) is 11.3 Å². The highest BCUT2D eigenvalue weighted by Gasteiger charge is 2.11. The van der Waals surface area contributed by atoms with Gasteiger partial charge in [-0.2, -0.15) is 5.26 Å². The maximum absolute atomic E-state index is 9.56. The van der Waals surface area contributed by atoms with E-state index in [2.05, 4.69) is 33.1 Å². The van der Waals surface area contributed by atoms with Gasteiger partial charge in [-0.1, -0.05) is 24.3 Å². The van der Waals surface area contributed by atoms with E-state index in [1.165, 1.54) is 24.9 Å². The van der Waals surface area contributed by atoms with Gasteiger partial charge in [0.25, 0.3) is 0 Å². The SMILES string of the molecule is N#C/C(=C\c1nc2ccccc2[nH]1)c1ccc(N2CCCCC2)cc1. The summed E-state index contributed by atoms with van der Waals surface area (Å²) in [7, 11) is 0. The van der Waals surface area contributed by atoms with E-state index in [9.17, 15) is 5.26 Å². The van der Waals surface area contributed by atoms with Crippen LogP contribution < -0.4 is 4.90 Å². The molecule has 4 nitrogen and oxygen atoms in total. The number of nitrogens with one attached hydrogen (secondary N) is 1. The summed E-state index contributed by atoms with van der Waals surface area (Å²) in [6.07, 6.45) is 5.66. The molecule has 1 saturated heterocycles. The van der Waals surface area contributed by atoms with Crippen LogP contribution in [0.2, 0.25) is 0 Å². The topological polar surface area (TPSA) is 55.7 Å². The van der Waals surface area contributed by atoms with Crippen LogP contribution in [0.4, 0.5) is 5.69 Å². The van der Waals surface area contributed by atoms with Crippen molar-refractivity contribution in [1.29, 1.82) is 5.26 Å². The summed E-state index contributed by atoms with van der Waals surface area (Å²) < 4.78 is 0. The molecular formula is C21H20N4. The third kappa shape index (κ3) is 3.27. The Labute approximate surface area is 147 Å². The minimum absolute atomic E-state index is 0.615. The second-order valence-electron chi connectivity index (χ2n) is 6.40. The Hall–Kier alpha value is -3.06. The molecule has 0 unspecified atom stereocenters. The minimum atomic E-state index is 0.615. The highest BCUT2D eigenvalue weighted by molar-refractivity contribution is 5.90. The largest absolute Gasteiger partial charge is 0.372 e. The van der Waals surface area contributed by atoms with Crippen molar-refractivity contribution < 1.29 is 0 Å². The molecule has 1 aromatic heterocycles. The van der Waals surface area contributed by atoms with Crippen LogP contribution in [-0.4, -0.2) is 23.1 Å². The monoisotopic (exact) mass is 328 g/mol. The van der Waals surface area contributed by atoms with E-state index in [0.717, 1.165) is 29.7 Å². The van der Waals surface area contributed by atoms with Gasteiger partial charge in [-0.25, -0.2) is 4.98 Å². The minimum Gasteiger partial charge on any atom is -0.372 e. The third-order valence-corrected chi connectivity index (χ3v) is 4.71. The maximum Gasteiger partial charge on any atom is 0.132 e. The summed E-state index contributed by atoms with van der Waals surface area (Å²) in [5.74, 6) is 0.706. The number of allylic oxidation sites excluding steroid dienone is 1. The van der Waals surface area contributed by atoms with Gasteiger partial charge in [0.2, 0.25) is 0 Å². The van der Waals surface area contributed by atoms with Crippen LogP contribution >= 0.6 is 0 Å². The molecule has 0 spiro atoms. The molecule has 3 aromatic rings. The van der Waals surface area contributed by atoms with Gasteiger partial charge >= 0.3 is 0 Å². The second-order valence-corrected chi connectivity index (χ2v) is 6.40. The number of fused-ring (bicyclic) bond motifs is 1. The zero-order valence-corrected chi connectivity index (χ0v) is 14.1. The predicted octanol–water partition coefficient (Wildman–Crippen LogP) is 4.62. The van der Waals surface area contributed by atoms with E-state index in [4.69, 9.17) is 0 Å². The maximum atomic E-state index is 9.56. The number of benzene rings is 2. The Morgan fingerprint density at radius 1 is 1.04 bits per heavy atom. The normalized spacial score (nSPS) is 15.3. The van der Waals surface area contributed by atoms with Gasteiger partial charge in [-0.3, -0.25) is 0 Å². The summed E-state index contributed by atoms with van der Waals surface area (Å²) in [6.45, 7) is 2.25. The molecule has 0 saturated carbocycles. The van der Waals surface area contributed by atoms with Crippen LogP contribution in [0.1, 0.15) is 30.7 Å². The van der Waals surface area contributed by atoms with Crippen LogP contribution in [0.5, 0.6) is 0 Å². The van der Waals surface area contributed by atoms with Gasteiger partial charge in [0.15, 0.2) is 0 Å². The Morgan fingerprint density at radius 3 is 2.52 bits per heavy atom. The van der Waals surface area contributed by atoms with Crippen LogP contribution in [-0.2, 0) is 0 Å². The highest BCUT2D eigenvalue weighted by atomic mass is 15.1. The first kappa shape index (κ1) is 15.5. The van der Waals surface area contributed by atoms with E-state index >= 15 is 0 Å². The Bertz CT molecular complexity index is 905. The van der Waals surface area contributed by atoms with Gasteiger partial charge in [-0.15, -0.1) is 0 Å². The van der Waals surface area contributed by atoms with Crippen LogP contribution in [0.3, 0.4) is 0 Å². The number of para-hydroxylation sites is 2. The molecule has 0 atom stereocenters. The molecule has 0 aliphatic carbocycles. The van der Waals surface area contributed by atoms with Crippen molar-refractivity contribution in [2.45, 2.75) is 19.3 Å². The highest BCUT2D eigenvalue weighted by Crippen LogP contribution is 2.24. The molecule has 2 heterocycles. The number of aromatic amines is 1. The van der Waals surface area contributed by atoms with Crippen molar-refractivity contribution >= 4 is 28.4 Å². The zero-order valence-electron chi connectivity index (χ0n) is 14.1. The van der Waals surface area contributed by atoms with Crippen molar-refractivity contribution in [2.75, 3.05) is 18.0 Å². The lowest BCUT2D eigenvalue weighted by Crippen LogP contribution is -2.29. The lowest BCUT2D eigenvalue weighted by atomic mass is 10.0. The molecule has 2 aromatic carbocycles. The average molecular weight is 328 g/mol. The molecule has 1 N–H and O–H groups in total. The number of H-pyrrole nitrogens is 1. The first-order valence-corrected chi connectivity index (χ1v) is 8.75. The van der Waals surface area contributed by atoms with Crippen LogP contribution in [0.15, 0.2) is 48.5 Å². The number of nitriles is 1. The number of hydrogen-bond donors (Lipinski definition) is 1. The summed E-state index contributed by atoms with van der Waals surface area (Å²) in [5, 5.41) is 9.56. The lowest BCUT2D eigenvalue weighted by Gasteiger charge is -2.28. The number of piperidine rings is 1. The smallest absolute Gasteiger partial charge is 0.132 e. The molecule has 0 amide bonds. The third-order valence-electron chi connectivity index (χ3n) is 4.71. The fourth-order valence-corrected chi connectivity index (χ4v) is 3.36. The molecule has 4 heteroatoms. The van der Waals surface area contributed by atoms with Crippen molar-refractivity contribution in [3.63, 3.8) is 0 Å². The van der Waals surface area contributed by atoms with E-state index in [1.807, 2.05) is 42.5 Å². The summed E-state index contributed by atoms with van der Waals surface area (Å²) >= 11 is 0. The van der Waals surface area contributed by atoms with E-state index in [1.54, 1.807) is 0 Å². The van der Waals surface area contributed by atoms with E-state index in [0.29, 0.717) is 11.4 Å². The van der Waals surface area contributed by atoms with Gasteiger partial charge in [0, 0.05) is 18.8 Å². The number of anilines is 1.